The van der Waals surface area contributed by atoms with Crippen LogP contribution in [-0.4, -0.2) is 44.8 Å². The third-order valence-corrected chi connectivity index (χ3v) is 4.82. The minimum atomic E-state index is -0.0241. The monoisotopic (exact) mass is 352 g/mol. The topological polar surface area (TPSA) is 61.9 Å². The molecule has 1 N–H and O–H groups in total. The van der Waals surface area contributed by atoms with Gasteiger partial charge in [-0.25, -0.2) is 0 Å². The van der Waals surface area contributed by atoms with E-state index in [-0.39, 0.29) is 5.91 Å². The van der Waals surface area contributed by atoms with Crippen molar-refractivity contribution in [2.45, 2.75) is 11.8 Å². The second-order valence-electron chi connectivity index (χ2n) is 5.45. The van der Waals surface area contributed by atoms with Crippen molar-refractivity contribution in [2.24, 2.45) is 0 Å². The zero-order chi connectivity index (χ0) is 17.5. The van der Waals surface area contributed by atoms with Crippen LogP contribution in [0.2, 0.25) is 0 Å². The summed E-state index contributed by atoms with van der Waals surface area (Å²) in [5, 5.41) is 7.11. The lowest BCUT2D eigenvalue weighted by Gasteiger charge is -2.19. The number of thioether (sulfide) groups is 1. The fourth-order valence-corrected chi connectivity index (χ4v) is 3.36. The number of amides is 1. The summed E-state index contributed by atoms with van der Waals surface area (Å²) in [6, 6.07) is 15.8. The van der Waals surface area contributed by atoms with Gasteiger partial charge in [0.1, 0.15) is 5.69 Å². The van der Waals surface area contributed by atoms with Gasteiger partial charge in [0.05, 0.1) is 5.69 Å². The van der Waals surface area contributed by atoms with Gasteiger partial charge < -0.3 is 4.90 Å². The van der Waals surface area contributed by atoms with Gasteiger partial charge in [0.2, 0.25) is 0 Å². The highest BCUT2D eigenvalue weighted by atomic mass is 32.2. The molecule has 0 fully saturated rings. The first-order valence-electron chi connectivity index (χ1n) is 8.21. The van der Waals surface area contributed by atoms with E-state index in [1.807, 2.05) is 42.2 Å². The molecule has 2 aromatic heterocycles. The van der Waals surface area contributed by atoms with Crippen LogP contribution in [0.15, 0.2) is 65.8 Å². The first-order chi connectivity index (χ1) is 12.3. The van der Waals surface area contributed by atoms with Gasteiger partial charge in [-0.2, -0.15) is 5.10 Å². The predicted octanol–water partition coefficient (Wildman–Crippen LogP) is 3.73. The van der Waals surface area contributed by atoms with Crippen LogP contribution >= 0.6 is 11.8 Å². The quantitative estimate of drug-likeness (QED) is 0.658. The average molecular weight is 352 g/mol. The van der Waals surface area contributed by atoms with E-state index < -0.39 is 0 Å². The van der Waals surface area contributed by atoms with Crippen molar-refractivity contribution >= 4 is 17.7 Å². The maximum absolute atomic E-state index is 12.7. The Morgan fingerprint density at radius 3 is 2.64 bits per heavy atom. The number of rotatable bonds is 7. The highest BCUT2D eigenvalue weighted by molar-refractivity contribution is 7.99. The number of hydrogen-bond donors (Lipinski definition) is 1. The lowest BCUT2D eigenvalue weighted by Crippen LogP contribution is -2.33. The van der Waals surface area contributed by atoms with Crippen molar-refractivity contribution < 1.29 is 4.79 Å². The second-order valence-corrected chi connectivity index (χ2v) is 6.62. The predicted molar refractivity (Wildman–Crippen MR) is 101 cm³/mol. The molecule has 25 heavy (non-hydrogen) atoms. The molecule has 0 atom stereocenters. The minimum absolute atomic E-state index is 0.0241. The molecule has 0 aliphatic carbocycles. The molecular weight excluding hydrogens is 332 g/mol. The summed E-state index contributed by atoms with van der Waals surface area (Å²) in [5.74, 6) is 0.832. The Bertz CT molecular complexity index is 805. The zero-order valence-electron chi connectivity index (χ0n) is 14.1. The van der Waals surface area contributed by atoms with E-state index in [9.17, 15) is 4.79 Å². The van der Waals surface area contributed by atoms with Crippen molar-refractivity contribution in [3.63, 3.8) is 0 Å². The average Bonchev–Trinajstić information content (AvgIpc) is 3.16. The summed E-state index contributed by atoms with van der Waals surface area (Å²) in [6.45, 7) is 3.35. The van der Waals surface area contributed by atoms with Crippen LogP contribution in [0.25, 0.3) is 11.3 Å². The number of aromatic amines is 1. The molecule has 0 aliphatic rings. The van der Waals surface area contributed by atoms with E-state index in [0.29, 0.717) is 18.8 Å². The molecule has 0 saturated carbocycles. The maximum Gasteiger partial charge on any atom is 0.271 e. The van der Waals surface area contributed by atoms with Crippen LogP contribution in [0, 0.1) is 0 Å². The van der Waals surface area contributed by atoms with E-state index in [1.165, 1.54) is 4.90 Å². The summed E-state index contributed by atoms with van der Waals surface area (Å²) >= 11 is 1.75. The van der Waals surface area contributed by atoms with Crippen molar-refractivity contribution in [3.05, 3.63) is 66.6 Å². The van der Waals surface area contributed by atoms with Crippen molar-refractivity contribution in [3.8, 4) is 11.3 Å². The Hall–Kier alpha value is -2.60. The van der Waals surface area contributed by atoms with Gasteiger partial charge in [-0.05, 0) is 37.3 Å². The summed E-state index contributed by atoms with van der Waals surface area (Å²) in [7, 11) is 0. The number of nitrogens with one attached hydrogen (secondary N) is 1. The maximum atomic E-state index is 12.7. The summed E-state index contributed by atoms with van der Waals surface area (Å²) in [4.78, 5) is 19.7. The third kappa shape index (κ3) is 4.48. The van der Waals surface area contributed by atoms with E-state index >= 15 is 0 Å². The Balaban J connectivity index is 1.61. The van der Waals surface area contributed by atoms with E-state index in [1.54, 1.807) is 30.2 Å². The number of carbonyl (C=O) groups is 1. The fraction of sp³-hybridized carbons (Fsp3) is 0.211. The highest BCUT2D eigenvalue weighted by Crippen LogP contribution is 2.19. The molecule has 0 bridgehead atoms. The number of H-pyrrole nitrogens is 1. The number of pyridine rings is 1. The van der Waals surface area contributed by atoms with E-state index in [2.05, 4.69) is 27.3 Å². The molecule has 1 aromatic carbocycles. The molecule has 0 aliphatic heterocycles. The van der Waals surface area contributed by atoms with Crippen molar-refractivity contribution in [2.75, 3.05) is 18.8 Å². The number of nitrogens with zero attached hydrogens (tertiary/aromatic N) is 3. The molecule has 0 saturated heterocycles. The van der Waals surface area contributed by atoms with Crippen molar-refractivity contribution in [1.82, 2.24) is 20.1 Å². The molecule has 5 nitrogen and oxygen atoms in total. The Morgan fingerprint density at radius 2 is 1.92 bits per heavy atom. The first-order valence-corrected chi connectivity index (χ1v) is 9.19. The normalized spacial score (nSPS) is 10.6. The SMILES string of the molecule is CCN(CCSc1ccccc1)C(=O)c1cc(-c2ccncc2)n[nH]1. The number of hydrogen-bond acceptors (Lipinski definition) is 4. The molecule has 0 unspecified atom stereocenters. The molecule has 0 spiro atoms. The van der Waals surface area contributed by atoms with Crippen molar-refractivity contribution in [1.29, 1.82) is 0 Å². The molecule has 0 radical (unpaired) electrons. The Labute approximate surface area is 151 Å². The number of carbonyl (C=O) groups excluding carboxylic acids is 1. The molecule has 3 rings (SSSR count). The van der Waals surface area contributed by atoms with Gasteiger partial charge in [-0.15, -0.1) is 11.8 Å². The van der Waals surface area contributed by atoms with Gasteiger partial charge in [0.15, 0.2) is 0 Å². The highest BCUT2D eigenvalue weighted by Gasteiger charge is 2.17. The van der Waals surface area contributed by atoms with E-state index in [0.717, 1.165) is 17.0 Å². The summed E-state index contributed by atoms with van der Waals surface area (Å²) < 4.78 is 0. The molecule has 128 valence electrons. The van der Waals surface area contributed by atoms with Gasteiger partial charge in [0.25, 0.3) is 5.91 Å². The largest absolute Gasteiger partial charge is 0.337 e. The number of benzene rings is 1. The van der Waals surface area contributed by atoms with Gasteiger partial charge in [-0.3, -0.25) is 14.9 Å². The molecule has 3 aromatic rings. The molecule has 1 amide bonds. The fourth-order valence-electron chi connectivity index (χ4n) is 2.47. The van der Waals surface area contributed by atoms with Gasteiger partial charge in [-0.1, -0.05) is 18.2 Å². The Morgan fingerprint density at radius 1 is 1.16 bits per heavy atom. The molecule has 6 heteroatoms. The number of aromatic nitrogens is 3. The minimum Gasteiger partial charge on any atom is -0.337 e. The third-order valence-electron chi connectivity index (χ3n) is 3.83. The lowest BCUT2D eigenvalue weighted by molar-refractivity contribution is 0.0768. The van der Waals surface area contributed by atoms with Crippen LogP contribution in [0.4, 0.5) is 0 Å². The van der Waals surface area contributed by atoms with Crippen LogP contribution in [0.1, 0.15) is 17.4 Å². The lowest BCUT2D eigenvalue weighted by atomic mass is 10.2. The van der Waals surface area contributed by atoms with Crippen LogP contribution in [-0.2, 0) is 0 Å². The molecular formula is C19H20N4OS. The zero-order valence-corrected chi connectivity index (χ0v) is 14.9. The molecule has 2 heterocycles. The smallest absolute Gasteiger partial charge is 0.271 e. The summed E-state index contributed by atoms with van der Waals surface area (Å²) in [5.41, 5.74) is 2.20. The van der Waals surface area contributed by atoms with Crippen LogP contribution in [0.3, 0.4) is 0 Å². The van der Waals surface area contributed by atoms with E-state index in [4.69, 9.17) is 0 Å². The first kappa shape index (κ1) is 17.2. The van der Waals surface area contributed by atoms with Gasteiger partial charge >= 0.3 is 0 Å². The van der Waals surface area contributed by atoms with Gasteiger partial charge in [0, 0.05) is 41.7 Å². The van der Waals surface area contributed by atoms with Crippen LogP contribution < -0.4 is 0 Å². The summed E-state index contributed by atoms with van der Waals surface area (Å²) in [6.07, 6.45) is 3.43. The van der Waals surface area contributed by atoms with Crippen LogP contribution in [0.5, 0.6) is 0 Å². The Kier molecular flexibility index (Phi) is 5.85. The standard InChI is InChI=1S/C19H20N4OS/c1-2-23(12-13-25-16-6-4-3-5-7-16)19(24)18-14-17(21-22-18)15-8-10-20-11-9-15/h3-11,14H,2,12-13H2,1H3,(H,21,22). The second kappa shape index (κ2) is 8.48.